The van der Waals surface area contributed by atoms with Crippen molar-refractivity contribution in [1.82, 2.24) is 40.0 Å². The fraction of sp³-hybridized carbons (Fsp3) is 0.500. The predicted molar refractivity (Wildman–Crippen MR) is 117 cm³/mol. The Balaban J connectivity index is 1.20. The van der Waals surface area contributed by atoms with Gasteiger partial charge in [0.2, 0.25) is 5.88 Å². The fourth-order valence-corrected chi connectivity index (χ4v) is 4.56. The Morgan fingerprint density at radius 2 is 2.21 bits per heavy atom. The summed E-state index contributed by atoms with van der Waals surface area (Å²) in [6.45, 7) is 6.44. The maximum absolute atomic E-state index is 12.5. The van der Waals surface area contributed by atoms with Crippen molar-refractivity contribution in [1.29, 1.82) is 0 Å². The van der Waals surface area contributed by atoms with Crippen LogP contribution in [-0.4, -0.2) is 66.4 Å². The Hall–Kier alpha value is -3.31. The van der Waals surface area contributed by atoms with E-state index in [0.29, 0.717) is 37.8 Å². The zero-order valence-electron chi connectivity index (χ0n) is 18.9. The summed E-state index contributed by atoms with van der Waals surface area (Å²) < 4.78 is 15.2. The largest absolute Gasteiger partial charge is 0.481 e. The lowest BCUT2D eigenvalue weighted by Gasteiger charge is -2.34. The van der Waals surface area contributed by atoms with Crippen molar-refractivity contribution in [2.24, 2.45) is 0 Å². The summed E-state index contributed by atoms with van der Waals surface area (Å²) in [4.78, 5) is 19.4. The van der Waals surface area contributed by atoms with Gasteiger partial charge in [-0.1, -0.05) is 11.3 Å². The molecule has 3 aromatic heterocycles. The van der Waals surface area contributed by atoms with Crippen LogP contribution in [0.5, 0.6) is 5.88 Å². The number of hydrogen-bond donors (Lipinski definition) is 1. The zero-order chi connectivity index (χ0) is 22.8. The molecule has 0 radical (unpaired) electrons. The number of ether oxygens (including phenoxy) is 2. The summed E-state index contributed by atoms with van der Waals surface area (Å²) in [7, 11) is 1.63. The minimum Gasteiger partial charge on any atom is -0.481 e. The number of amides is 1. The molecule has 1 amide bonds. The predicted octanol–water partition coefficient (Wildman–Crippen LogP) is 1.00. The quantitative estimate of drug-likeness (QED) is 0.565. The van der Waals surface area contributed by atoms with E-state index in [2.05, 4.69) is 30.6 Å². The van der Waals surface area contributed by atoms with Gasteiger partial charge in [-0.25, -0.2) is 9.67 Å². The summed E-state index contributed by atoms with van der Waals surface area (Å²) in [5.74, 6) is 0.447. The summed E-state index contributed by atoms with van der Waals surface area (Å²) in [5.41, 5.74) is 2.87. The molecule has 11 nitrogen and oxygen atoms in total. The molecule has 0 aliphatic carbocycles. The van der Waals surface area contributed by atoms with Gasteiger partial charge in [-0.05, 0) is 25.5 Å². The maximum atomic E-state index is 12.5. The van der Waals surface area contributed by atoms with Crippen LogP contribution in [0.2, 0.25) is 0 Å². The van der Waals surface area contributed by atoms with Gasteiger partial charge < -0.3 is 14.8 Å². The van der Waals surface area contributed by atoms with Crippen LogP contribution in [0, 0.1) is 0 Å². The number of nitrogens with one attached hydrogen (secondary N) is 1. The van der Waals surface area contributed by atoms with Crippen LogP contribution in [0.15, 0.2) is 30.5 Å². The molecule has 0 saturated carbocycles. The van der Waals surface area contributed by atoms with E-state index in [4.69, 9.17) is 9.47 Å². The standard InChI is InChI=1S/C22H28N8O3/c1-3-29-18(7-9-24-29)21(31)23-11-17-19-13-33-22(15-30(19)27-26-17)8-10-28(14-22)12-16-5-4-6-20(25-16)32-2/h4-7,9H,3,8,10-15H2,1-2H3,(H,23,31). The van der Waals surface area contributed by atoms with Gasteiger partial charge in [0.25, 0.3) is 5.91 Å². The van der Waals surface area contributed by atoms with Crippen LogP contribution in [0.3, 0.4) is 0 Å². The average molecular weight is 453 g/mol. The Morgan fingerprint density at radius 1 is 1.30 bits per heavy atom. The molecular weight excluding hydrogens is 424 g/mol. The molecule has 0 aromatic carbocycles. The summed E-state index contributed by atoms with van der Waals surface area (Å²) in [5, 5.41) is 15.7. The van der Waals surface area contributed by atoms with Gasteiger partial charge in [0, 0.05) is 38.4 Å². The lowest BCUT2D eigenvalue weighted by Crippen LogP contribution is -2.44. The number of aromatic nitrogens is 6. The Labute approximate surface area is 191 Å². The second kappa shape index (κ2) is 8.91. The summed E-state index contributed by atoms with van der Waals surface area (Å²) >= 11 is 0. The van der Waals surface area contributed by atoms with Gasteiger partial charge in [-0.3, -0.25) is 14.4 Å². The molecular formula is C22H28N8O3. The van der Waals surface area contributed by atoms with E-state index in [9.17, 15) is 4.79 Å². The van der Waals surface area contributed by atoms with Crippen LogP contribution >= 0.6 is 0 Å². The van der Waals surface area contributed by atoms with E-state index in [1.165, 1.54) is 0 Å². The number of carbonyl (C=O) groups is 1. The lowest BCUT2D eigenvalue weighted by molar-refractivity contribution is -0.0845. The molecule has 3 aromatic rings. The van der Waals surface area contributed by atoms with Crippen molar-refractivity contribution in [3.05, 3.63) is 53.2 Å². The summed E-state index contributed by atoms with van der Waals surface area (Å²) in [6.07, 6.45) is 2.55. The van der Waals surface area contributed by atoms with E-state index in [-0.39, 0.29) is 11.5 Å². The highest BCUT2D eigenvalue weighted by Gasteiger charge is 2.43. The first-order valence-corrected chi connectivity index (χ1v) is 11.2. The second-order valence-electron chi connectivity index (χ2n) is 8.46. The molecule has 5 heterocycles. The Morgan fingerprint density at radius 3 is 3.06 bits per heavy atom. The van der Waals surface area contributed by atoms with E-state index >= 15 is 0 Å². The third kappa shape index (κ3) is 4.33. The molecule has 1 saturated heterocycles. The first-order chi connectivity index (χ1) is 16.1. The number of methoxy groups -OCH3 is 1. The van der Waals surface area contributed by atoms with Crippen molar-refractivity contribution in [2.45, 2.75) is 51.7 Å². The van der Waals surface area contributed by atoms with Gasteiger partial charge in [0.15, 0.2) is 0 Å². The normalized spacial score (nSPS) is 20.2. The van der Waals surface area contributed by atoms with E-state index < -0.39 is 0 Å². The van der Waals surface area contributed by atoms with Crippen molar-refractivity contribution in [2.75, 3.05) is 20.2 Å². The maximum Gasteiger partial charge on any atom is 0.269 e. The Kier molecular flexibility index (Phi) is 5.81. The summed E-state index contributed by atoms with van der Waals surface area (Å²) in [6, 6.07) is 7.53. The molecule has 1 unspecified atom stereocenters. The molecule has 33 heavy (non-hydrogen) atoms. The average Bonchev–Trinajstić information content (AvgIpc) is 3.56. The first kappa shape index (κ1) is 21.5. The van der Waals surface area contributed by atoms with Gasteiger partial charge in [-0.15, -0.1) is 5.10 Å². The number of pyridine rings is 1. The molecule has 1 fully saturated rings. The van der Waals surface area contributed by atoms with E-state index in [0.717, 1.165) is 43.1 Å². The van der Waals surface area contributed by atoms with Crippen LogP contribution < -0.4 is 10.1 Å². The molecule has 5 rings (SSSR count). The van der Waals surface area contributed by atoms with Crippen LogP contribution in [0.25, 0.3) is 0 Å². The smallest absolute Gasteiger partial charge is 0.269 e. The molecule has 2 aliphatic heterocycles. The third-order valence-electron chi connectivity index (χ3n) is 6.31. The minimum atomic E-state index is -0.284. The third-order valence-corrected chi connectivity index (χ3v) is 6.31. The lowest BCUT2D eigenvalue weighted by atomic mass is 10.0. The molecule has 1 N–H and O–H groups in total. The second-order valence-corrected chi connectivity index (χ2v) is 8.46. The molecule has 0 bridgehead atoms. The first-order valence-electron chi connectivity index (χ1n) is 11.2. The number of hydrogen-bond acceptors (Lipinski definition) is 8. The van der Waals surface area contributed by atoms with Crippen molar-refractivity contribution < 1.29 is 14.3 Å². The highest BCUT2D eigenvalue weighted by atomic mass is 16.5. The van der Waals surface area contributed by atoms with Gasteiger partial charge >= 0.3 is 0 Å². The van der Waals surface area contributed by atoms with Gasteiger partial charge in [-0.2, -0.15) is 5.10 Å². The molecule has 11 heteroatoms. The highest BCUT2D eigenvalue weighted by Crippen LogP contribution is 2.33. The SMILES string of the molecule is CCn1nccc1C(=O)NCc1nnn2c1COC1(CCN(Cc3cccc(OC)n3)C1)C2. The highest BCUT2D eigenvalue weighted by molar-refractivity contribution is 5.92. The zero-order valence-corrected chi connectivity index (χ0v) is 18.9. The van der Waals surface area contributed by atoms with E-state index in [1.54, 1.807) is 24.1 Å². The Bertz CT molecular complexity index is 1140. The van der Waals surface area contributed by atoms with E-state index in [1.807, 2.05) is 29.8 Å². The number of rotatable bonds is 7. The molecule has 2 aliphatic rings. The fourth-order valence-electron chi connectivity index (χ4n) is 4.56. The van der Waals surface area contributed by atoms with Crippen molar-refractivity contribution in [3.63, 3.8) is 0 Å². The number of aryl methyl sites for hydroxylation is 1. The minimum absolute atomic E-state index is 0.179. The monoisotopic (exact) mass is 452 g/mol. The van der Waals surface area contributed by atoms with Crippen molar-refractivity contribution in [3.8, 4) is 5.88 Å². The number of likely N-dealkylation sites (tertiary alicyclic amines) is 1. The van der Waals surface area contributed by atoms with Crippen LogP contribution in [0.4, 0.5) is 0 Å². The topological polar surface area (TPSA) is 112 Å². The molecule has 1 spiro atoms. The number of carbonyl (C=O) groups excluding carboxylic acids is 1. The number of nitrogens with zero attached hydrogens (tertiary/aromatic N) is 7. The molecule has 1 atom stereocenters. The molecule has 174 valence electrons. The van der Waals surface area contributed by atoms with Crippen molar-refractivity contribution >= 4 is 5.91 Å². The van der Waals surface area contributed by atoms with Gasteiger partial charge in [0.1, 0.15) is 17.0 Å². The number of fused-ring (bicyclic) bond motifs is 1. The van der Waals surface area contributed by atoms with Gasteiger partial charge in [0.05, 0.1) is 38.2 Å². The van der Waals surface area contributed by atoms with Crippen LogP contribution in [0.1, 0.15) is 40.9 Å². The van der Waals surface area contributed by atoms with Crippen LogP contribution in [-0.2, 0) is 37.5 Å².